The molecule has 0 amide bonds. The normalized spacial score (nSPS) is 11.3. The lowest BCUT2D eigenvalue weighted by molar-refractivity contribution is 0.624. The molecule has 0 saturated carbocycles. The number of nitrogens with zero attached hydrogens (tertiary/aromatic N) is 2. The zero-order valence-electron chi connectivity index (χ0n) is 11.0. The first-order valence-corrected chi connectivity index (χ1v) is 8.06. The number of benzene rings is 1. The molecule has 0 aliphatic carbocycles. The van der Waals surface area contributed by atoms with E-state index in [9.17, 15) is 4.39 Å². The van der Waals surface area contributed by atoms with Gasteiger partial charge in [0.15, 0.2) is 4.96 Å². The summed E-state index contributed by atoms with van der Waals surface area (Å²) in [5.41, 5.74) is 1.12. The molecule has 6 heteroatoms. The van der Waals surface area contributed by atoms with Crippen LogP contribution < -0.4 is 5.32 Å². The van der Waals surface area contributed by atoms with E-state index in [2.05, 4.69) is 21.6 Å². The molecule has 1 N–H and O–H groups in total. The molecule has 0 radical (unpaired) electrons. The topological polar surface area (TPSA) is 29.3 Å². The Morgan fingerprint density at radius 3 is 3.15 bits per heavy atom. The molecule has 3 aromatic rings. The maximum Gasteiger partial charge on any atom is 0.194 e. The molecule has 3 nitrogen and oxygen atoms in total. The lowest BCUT2D eigenvalue weighted by Crippen LogP contribution is -2.13. The highest BCUT2D eigenvalue weighted by atomic mass is 32.2. The Kier molecular flexibility index (Phi) is 4.05. The molecule has 1 aromatic carbocycles. The quantitative estimate of drug-likeness (QED) is 0.777. The Morgan fingerprint density at radius 1 is 1.45 bits per heavy atom. The average molecular weight is 307 g/mol. The van der Waals surface area contributed by atoms with E-state index in [0.29, 0.717) is 0 Å². The number of hydrogen-bond acceptors (Lipinski definition) is 4. The zero-order chi connectivity index (χ0) is 13.9. The van der Waals surface area contributed by atoms with Crippen LogP contribution in [-0.4, -0.2) is 15.9 Å². The third kappa shape index (κ3) is 2.72. The third-order valence-corrected chi connectivity index (χ3v) is 4.64. The summed E-state index contributed by atoms with van der Waals surface area (Å²) < 4.78 is 15.4. The SMILES string of the molecule is CCNCc1c(Sc2cccc(F)c2)nc2sccn12. The zero-order valence-corrected chi connectivity index (χ0v) is 12.6. The first-order valence-electron chi connectivity index (χ1n) is 6.36. The van der Waals surface area contributed by atoms with E-state index < -0.39 is 0 Å². The first kappa shape index (κ1) is 13.6. The predicted molar refractivity (Wildman–Crippen MR) is 81.0 cm³/mol. The summed E-state index contributed by atoms with van der Waals surface area (Å²) in [4.78, 5) is 6.47. The molecule has 0 aliphatic heterocycles. The molecule has 2 aromatic heterocycles. The summed E-state index contributed by atoms with van der Waals surface area (Å²) in [7, 11) is 0. The average Bonchev–Trinajstić information content (AvgIpc) is 2.98. The Morgan fingerprint density at radius 2 is 2.35 bits per heavy atom. The second-order valence-electron chi connectivity index (χ2n) is 4.26. The highest BCUT2D eigenvalue weighted by molar-refractivity contribution is 7.99. The highest BCUT2D eigenvalue weighted by Gasteiger charge is 2.14. The number of imidazole rings is 1. The van der Waals surface area contributed by atoms with Crippen molar-refractivity contribution in [2.24, 2.45) is 0 Å². The van der Waals surface area contributed by atoms with Crippen LogP contribution in [0.15, 0.2) is 45.8 Å². The van der Waals surface area contributed by atoms with Crippen LogP contribution in [0.4, 0.5) is 4.39 Å². The maximum atomic E-state index is 13.3. The molecular weight excluding hydrogens is 293 g/mol. The van der Waals surface area contributed by atoms with E-state index in [1.807, 2.05) is 17.6 Å². The summed E-state index contributed by atoms with van der Waals surface area (Å²) in [6.07, 6.45) is 2.02. The van der Waals surface area contributed by atoms with Gasteiger partial charge in [-0.1, -0.05) is 24.8 Å². The molecule has 0 atom stereocenters. The van der Waals surface area contributed by atoms with Gasteiger partial charge in [-0.3, -0.25) is 4.40 Å². The molecule has 20 heavy (non-hydrogen) atoms. The van der Waals surface area contributed by atoms with E-state index in [4.69, 9.17) is 0 Å². The summed E-state index contributed by atoms with van der Waals surface area (Å²) in [6.45, 7) is 3.73. The van der Waals surface area contributed by atoms with Crippen LogP contribution in [0.3, 0.4) is 0 Å². The van der Waals surface area contributed by atoms with Crippen LogP contribution in [0.2, 0.25) is 0 Å². The van der Waals surface area contributed by atoms with Gasteiger partial charge >= 0.3 is 0 Å². The molecule has 0 bridgehead atoms. The van der Waals surface area contributed by atoms with Crippen molar-refractivity contribution in [1.82, 2.24) is 14.7 Å². The van der Waals surface area contributed by atoms with Crippen LogP contribution in [-0.2, 0) is 6.54 Å². The van der Waals surface area contributed by atoms with Crippen molar-refractivity contribution >= 4 is 28.1 Å². The van der Waals surface area contributed by atoms with Crippen molar-refractivity contribution in [3.63, 3.8) is 0 Å². The Balaban J connectivity index is 1.95. The van der Waals surface area contributed by atoms with Gasteiger partial charge in [0.05, 0.1) is 5.69 Å². The summed E-state index contributed by atoms with van der Waals surface area (Å²) >= 11 is 3.11. The van der Waals surface area contributed by atoms with Crippen molar-refractivity contribution in [3.05, 3.63) is 47.4 Å². The standard InChI is InChI=1S/C14H14FN3S2/c1-2-16-9-12-13(17-14-18(12)6-7-19-14)20-11-5-3-4-10(15)8-11/h3-8,16H,2,9H2,1H3. The molecule has 104 valence electrons. The van der Waals surface area contributed by atoms with Crippen molar-refractivity contribution in [2.45, 2.75) is 23.4 Å². The summed E-state index contributed by atoms with van der Waals surface area (Å²) in [6, 6.07) is 6.61. The van der Waals surface area contributed by atoms with E-state index in [0.717, 1.165) is 33.7 Å². The predicted octanol–water partition coefficient (Wildman–Crippen LogP) is 3.80. The smallest absolute Gasteiger partial charge is 0.194 e. The van der Waals surface area contributed by atoms with Crippen molar-refractivity contribution in [2.75, 3.05) is 6.54 Å². The third-order valence-electron chi connectivity index (χ3n) is 2.88. The second-order valence-corrected chi connectivity index (χ2v) is 6.19. The van der Waals surface area contributed by atoms with Gasteiger partial charge in [0.25, 0.3) is 0 Å². The molecule has 0 saturated heterocycles. The number of fused-ring (bicyclic) bond motifs is 1. The van der Waals surface area contributed by atoms with E-state index in [1.54, 1.807) is 17.4 Å². The largest absolute Gasteiger partial charge is 0.311 e. The molecule has 3 rings (SSSR count). The fourth-order valence-corrected chi connectivity index (χ4v) is 3.69. The molecule has 0 unspecified atom stereocenters. The van der Waals surface area contributed by atoms with Gasteiger partial charge in [-0.05, 0) is 24.7 Å². The van der Waals surface area contributed by atoms with Crippen LogP contribution in [0.1, 0.15) is 12.6 Å². The fourth-order valence-electron chi connectivity index (χ4n) is 1.94. The monoisotopic (exact) mass is 307 g/mol. The summed E-state index contributed by atoms with van der Waals surface area (Å²) in [5.74, 6) is -0.218. The Hall–Kier alpha value is -1.37. The molecule has 0 spiro atoms. The number of aromatic nitrogens is 2. The maximum absolute atomic E-state index is 13.3. The summed E-state index contributed by atoms with van der Waals surface area (Å²) in [5, 5.41) is 6.28. The van der Waals surface area contributed by atoms with Gasteiger partial charge in [0.1, 0.15) is 10.8 Å². The van der Waals surface area contributed by atoms with Crippen LogP contribution in [0.5, 0.6) is 0 Å². The first-order chi connectivity index (χ1) is 9.78. The van der Waals surface area contributed by atoms with Gasteiger partial charge < -0.3 is 5.32 Å². The molecule has 2 heterocycles. The van der Waals surface area contributed by atoms with Gasteiger partial charge in [0, 0.05) is 23.0 Å². The number of thiazole rings is 1. The minimum atomic E-state index is -0.218. The Labute approximate surface area is 124 Å². The molecule has 0 fully saturated rings. The molecule has 0 aliphatic rings. The van der Waals surface area contributed by atoms with E-state index in [-0.39, 0.29) is 5.82 Å². The number of hydrogen-bond donors (Lipinski definition) is 1. The van der Waals surface area contributed by atoms with Crippen molar-refractivity contribution in [3.8, 4) is 0 Å². The van der Waals surface area contributed by atoms with Crippen LogP contribution in [0.25, 0.3) is 4.96 Å². The number of rotatable bonds is 5. The molecular formula is C14H14FN3S2. The van der Waals surface area contributed by atoms with E-state index in [1.165, 1.54) is 23.9 Å². The van der Waals surface area contributed by atoms with Gasteiger partial charge in [0.2, 0.25) is 0 Å². The van der Waals surface area contributed by atoms with Gasteiger partial charge in [-0.2, -0.15) is 0 Å². The Bertz CT molecular complexity index is 720. The minimum Gasteiger partial charge on any atom is -0.311 e. The van der Waals surface area contributed by atoms with Crippen molar-refractivity contribution < 1.29 is 4.39 Å². The lowest BCUT2D eigenvalue weighted by Gasteiger charge is -2.04. The lowest BCUT2D eigenvalue weighted by atomic mass is 10.4. The van der Waals surface area contributed by atoms with Gasteiger partial charge in [-0.15, -0.1) is 11.3 Å². The van der Waals surface area contributed by atoms with Crippen LogP contribution >= 0.6 is 23.1 Å². The number of nitrogens with one attached hydrogen (secondary N) is 1. The van der Waals surface area contributed by atoms with Crippen LogP contribution in [0, 0.1) is 5.82 Å². The fraction of sp³-hybridized carbons (Fsp3) is 0.214. The minimum absolute atomic E-state index is 0.218. The van der Waals surface area contributed by atoms with Crippen molar-refractivity contribution in [1.29, 1.82) is 0 Å². The van der Waals surface area contributed by atoms with E-state index >= 15 is 0 Å². The second kappa shape index (κ2) is 5.95. The highest BCUT2D eigenvalue weighted by Crippen LogP contribution is 2.32. The van der Waals surface area contributed by atoms with Gasteiger partial charge in [-0.25, -0.2) is 9.37 Å². The number of halogens is 1.